The second-order valence-electron chi connectivity index (χ2n) is 5.72. The molecule has 1 atom stereocenters. The second-order valence-corrected chi connectivity index (χ2v) is 5.72. The zero-order chi connectivity index (χ0) is 14.7. The van der Waals surface area contributed by atoms with Gasteiger partial charge < -0.3 is 4.90 Å². The fourth-order valence-electron chi connectivity index (χ4n) is 2.99. The molecule has 1 aromatic carbocycles. The predicted octanol–water partition coefficient (Wildman–Crippen LogP) is 2.60. The molecular formula is C17H21N3O. The summed E-state index contributed by atoms with van der Waals surface area (Å²) in [6, 6.07) is 12.4. The van der Waals surface area contributed by atoms with Crippen LogP contribution in [-0.2, 0) is 11.3 Å². The van der Waals surface area contributed by atoms with Gasteiger partial charge in [0.15, 0.2) is 0 Å². The average Bonchev–Trinajstić information content (AvgIpc) is 2.93. The van der Waals surface area contributed by atoms with Crippen LogP contribution in [0.1, 0.15) is 30.0 Å². The SMILES string of the molecule is Cc1ccnn1CC(=O)N1CCC[C@H](c2ccccc2)C1. The second kappa shape index (κ2) is 6.12. The summed E-state index contributed by atoms with van der Waals surface area (Å²) < 4.78 is 1.77. The molecule has 21 heavy (non-hydrogen) atoms. The van der Waals surface area contributed by atoms with Gasteiger partial charge in [0.05, 0.1) is 0 Å². The van der Waals surface area contributed by atoms with Crippen molar-refractivity contribution < 1.29 is 4.79 Å². The summed E-state index contributed by atoms with van der Waals surface area (Å²) in [5.74, 6) is 0.630. The van der Waals surface area contributed by atoms with Crippen LogP contribution in [-0.4, -0.2) is 33.7 Å². The highest BCUT2D eigenvalue weighted by Crippen LogP contribution is 2.26. The summed E-state index contributed by atoms with van der Waals surface area (Å²) in [5, 5.41) is 4.20. The number of rotatable bonds is 3. The maximum atomic E-state index is 12.5. The van der Waals surface area contributed by atoms with Crippen molar-refractivity contribution >= 4 is 5.91 Å². The Hall–Kier alpha value is -2.10. The number of piperidine rings is 1. The minimum absolute atomic E-state index is 0.169. The van der Waals surface area contributed by atoms with Crippen LogP contribution in [0, 0.1) is 6.92 Å². The Morgan fingerprint density at radius 3 is 2.81 bits per heavy atom. The van der Waals surface area contributed by atoms with Crippen molar-refractivity contribution in [2.24, 2.45) is 0 Å². The standard InChI is InChI=1S/C17H21N3O/c1-14-9-10-18-20(14)13-17(21)19-11-5-8-16(12-19)15-6-3-2-4-7-15/h2-4,6-7,9-10,16H,5,8,11-13H2,1H3/t16-/m0/s1. The van der Waals surface area contributed by atoms with E-state index in [1.807, 2.05) is 24.0 Å². The molecule has 1 amide bonds. The van der Waals surface area contributed by atoms with Crippen LogP contribution in [0.4, 0.5) is 0 Å². The lowest BCUT2D eigenvalue weighted by atomic mass is 9.90. The molecule has 0 N–H and O–H groups in total. The van der Waals surface area contributed by atoms with Crippen LogP contribution in [0.3, 0.4) is 0 Å². The molecule has 0 spiro atoms. The van der Waals surface area contributed by atoms with Gasteiger partial charge in [-0.05, 0) is 31.4 Å². The molecule has 0 saturated carbocycles. The summed E-state index contributed by atoms with van der Waals surface area (Å²) in [6.45, 7) is 4.01. The van der Waals surface area contributed by atoms with Gasteiger partial charge in [-0.1, -0.05) is 30.3 Å². The van der Waals surface area contributed by atoms with Crippen molar-refractivity contribution in [3.8, 4) is 0 Å². The summed E-state index contributed by atoms with van der Waals surface area (Å²) in [4.78, 5) is 14.4. The maximum Gasteiger partial charge on any atom is 0.244 e. The zero-order valence-corrected chi connectivity index (χ0v) is 12.4. The molecule has 1 aromatic heterocycles. The van der Waals surface area contributed by atoms with E-state index in [1.165, 1.54) is 5.56 Å². The number of benzene rings is 1. The summed E-state index contributed by atoms with van der Waals surface area (Å²) in [6.07, 6.45) is 3.98. The fourth-order valence-corrected chi connectivity index (χ4v) is 2.99. The quantitative estimate of drug-likeness (QED) is 0.868. The summed E-state index contributed by atoms with van der Waals surface area (Å²) >= 11 is 0. The lowest BCUT2D eigenvalue weighted by Gasteiger charge is -2.33. The van der Waals surface area contributed by atoms with Crippen molar-refractivity contribution in [3.05, 3.63) is 53.9 Å². The Morgan fingerprint density at radius 1 is 1.29 bits per heavy atom. The lowest BCUT2D eigenvalue weighted by molar-refractivity contribution is -0.133. The van der Waals surface area contributed by atoms with E-state index in [-0.39, 0.29) is 5.91 Å². The number of carbonyl (C=O) groups excluding carboxylic acids is 1. The van der Waals surface area contributed by atoms with E-state index in [9.17, 15) is 4.79 Å². The smallest absolute Gasteiger partial charge is 0.244 e. The molecule has 1 fully saturated rings. The topological polar surface area (TPSA) is 38.1 Å². The monoisotopic (exact) mass is 283 g/mol. The zero-order valence-electron chi connectivity index (χ0n) is 12.4. The number of hydrogen-bond donors (Lipinski definition) is 0. The van der Waals surface area contributed by atoms with Gasteiger partial charge in [0.2, 0.25) is 5.91 Å². The Bertz CT molecular complexity index is 606. The molecule has 3 rings (SSSR count). The largest absolute Gasteiger partial charge is 0.340 e. The molecule has 1 saturated heterocycles. The number of carbonyl (C=O) groups is 1. The first-order chi connectivity index (χ1) is 10.2. The summed E-state index contributed by atoms with van der Waals surface area (Å²) in [5.41, 5.74) is 2.37. The predicted molar refractivity (Wildman–Crippen MR) is 82.0 cm³/mol. The molecular weight excluding hydrogens is 262 g/mol. The number of aryl methyl sites for hydroxylation is 1. The minimum atomic E-state index is 0.169. The number of likely N-dealkylation sites (tertiary alicyclic amines) is 1. The Kier molecular flexibility index (Phi) is 4.04. The van der Waals surface area contributed by atoms with Gasteiger partial charge in [0.1, 0.15) is 6.54 Å². The molecule has 0 unspecified atom stereocenters. The molecule has 2 heterocycles. The third-order valence-corrected chi connectivity index (χ3v) is 4.26. The Morgan fingerprint density at radius 2 is 2.10 bits per heavy atom. The Balaban J connectivity index is 1.66. The highest BCUT2D eigenvalue weighted by Gasteiger charge is 2.24. The number of amides is 1. The first kappa shape index (κ1) is 13.9. The van der Waals surface area contributed by atoms with Gasteiger partial charge >= 0.3 is 0 Å². The lowest BCUT2D eigenvalue weighted by Crippen LogP contribution is -2.41. The van der Waals surface area contributed by atoms with Gasteiger partial charge in [0.25, 0.3) is 0 Å². The van der Waals surface area contributed by atoms with Crippen molar-refractivity contribution in [3.63, 3.8) is 0 Å². The van der Waals surface area contributed by atoms with Crippen LogP contribution in [0.2, 0.25) is 0 Å². The first-order valence-electron chi connectivity index (χ1n) is 7.55. The summed E-state index contributed by atoms with van der Waals surface area (Å²) in [7, 11) is 0. The van der Waals surface area contributed by atoms with E-state index < -0.39 is 0 Å². The molecule has 1 aliphatic heterocycles. The molecule has 4 nitrogen and oxygen atoms in total. The molecule has 2 aromatic rings. The average molecular weight is 283 g/mol. The number of aromatic nitrogens is 2. The molecule has 0 aliphatic carbocycles. The minimum Gasteiger partial charge on any atom is -0.340 e. The third kappa shape index (κ3) is 3.15. The van der Waals surface area contributed by atoms with Crippen LogP contribution in [0.5, 0.6) is 0 Å². The molecule has 4 heteroatoms. The maximum absolute atomic E-state index is 12.5. The van der Waals surface area contributed by atoms with Gasteiger partial charge in [0, 0.05) is 30.9 Å². The highest BCUT2D eigenvalue weighted by atomic mass is 16.2. The molecule has 0 radical (unpaired) electrons. The van der Waals surface area contributed by atoms with Crippen molar-refractivity contribution in [2.45, 2.75) is 32.2 Å². The van der Waals surface area contributed by atoms with Crippen LogP contribution < -0.4 is 0 Å². The first-order valence-corrected chi connectivity index (χ1v) is 7.55. The van der Waals surface area contributed by atoms with Crippen LogP contribution >= 0.6 is 0 Å². The fraction of sp³-hybridized carbons (Fsp3) is 0.412. The highest BCUT2D eigenvalue weighted by molar-refractivity contribution is 5.76. The van der Waals surface area contributed by atoms with Gasteiger partial charge in [-0.25, -0.2) is 0 Å². The van der Waals surface area contributed by atoms with Crippen molar-refractivity contribution in [1.82, 2.24) is 14.7 Å². The third-order valence-electron chi connectivity index (χ3n) is 4.26. The van der Waals surface area contributed by atoms with Crippen molar-refractivity contribution in [2.75, 3.05) is 13.1 Å². The van der Waals surface area contributed by atoms with Crippen LogP contribution in [0.15, 0.2) is 42.6 Å². The van der Waals surface area contributed by atoms with Gasteiger partial charge in [-0.3, -0.25) is 9.48 Å². The van der Waals surface area contributed by atoms with E-state index in [4.69, 9.17) is 0 Å². The number of hydrogen-bond acceptors (Lipinski definition) is 2. The Labute approximate surface area is 125 Å². The van der Waals surface area contributed by atoms with Gasteiger partial charge in [-0.2, -0.15) is 5.10 Å². The van der Waals surface area contributed by atoms with E-state index in [0.717, 1.165) is 31.6 Å². The molecule has 110 valence electrons. The molecule has 0 bridgehead atoms. The van der Waals surface area contributed by atoms with E-state index in [0.29, 0.717) is 12.5 Å². The van der Waals surface area contributed by atoms with Crippen molar-refractivity contribution in [1.29, 1.82) is 0 Å². The van der Waals surface area contributed by atoms with Gasteiger partial charge in [-0.15, -0.1) is 0 Å². The van der Waals surface area contributed by atoms with E-state index in [1.54, 1.807) is 10.9 Å². The van der Waals surface area contributed by atoms with E-state index in [2.05, 4.69) is 29.4 Å². The molecule has 1 aliphatic rings. The number of nitrogens with zero attached hydrogens (tertiary/aromatic N) is 3. The normalized spacial score (nSPS) is 18.7. The van der Waals surface area contributed by atoms with E-state index >= 15 is 0 Å². The van der Waals surface area contributed by atoms with Crippen LogP contribution in [0.25, 0.3) is 0 Å².